The van der Waals surface area contributed by atoms with Gasteiger partial charge in [0.2, 0.25) is 0 Å². The zero-order valence-electron chi connectivity index (χ0n) is 12.9. The molecule has 4 nitrogen and oxygen atoms in total. The summed E-state index contributed by atoms with van der Waals surface area (Å²) in [6, 6.07) is 0.706. The Morgan fingerprint density at radius 3 is 2.75 bits per heavy atom. The minimum Gasteiger partial charge on any atom is -0.378 e. The Morgan fingerprint density at radius 2 is 2.10 bits per heavy atom. The van der Waals surface area contributed by atoms with Gasteiger partial charge in [-0.05, 0) is 26.9 Å². The quantitative estimate of drug-likeness (QED) is 0.799. The smallest absolute Gasteiger partial charge is 0.0945 e. The highest BCUT2D eigenvalue weighted by molar-refractivity contribution is 7.11. The first-order valence-corrected chi connectivity index (χ1v) is 8.35. The van der Waals surface area contributed by atoms with Crippen molar-refractivity contribution in [2.24, 2.45) is 0 Å². The van der Waals surface area contributed by atoms with Crippen LogP contribution in [-0.2, 0) is 24.3 Å². The maximum absolute atomic E-state index is 5.29. The molecule has 1 aliphatic rings. The second-order valence-corrected chi connectivity index (χ2v) is 6.99. The maximum Gasteiger partial charge on any atom is 0.0945 e. The van der Waals surface area contributed by atoms with Crippen molar-refractivity contribution in [3.8, 4) is 0 Å². The van der Waals surface area contributed by atoms with Gasteiger partial charge in [-0.2, -0.15) is 0 Å². The SMILES string of the molecule is COCc1nc(CCN(C)C)sc1CNC1CCCC1. The summed E-state index contributed by atoms with van der Waals surface area (Å²) >= 11 is 1.84. The van der Waals surface area contributed by atoms with Crippen molar-refractivity contribution < 1.29 is 4.74 Å². The first-order valence-electron chi connectivity index (χ1n) is 7.53. The maximum atomic E-state index is 5.29. The first kappa shape index (κ1) is 15.9. The molecule has 0 radical (unpaired) electrons. The van der Waals surface area contributed by atoms with Gasteiger partial charge in [-0.1, -0.05) is 12.8 Å². The van der Waals surface area contributed by atoms with Gasteiger partial charge in [-0.3, -0.25) is 0 Å². The van der Waals surface area contributed by atoms with Crippen molar-refractivity contribution in [2.45, 2.75) is 51.3 Å². The fraction of sp³-hybridized carbons (Fsp3) is 0.800. The van der Waals surface area contributed by atoms with Crippen LogP contribution in [0, 0.1) is 0 Å². The van der Waals surface area contributed by atoms with Crippen molar-refractivity contribution in [3.63, 3.8) is 0 Å². The van der Waals surface area contributed by atoms with Gasteiger partial charge in [-0.15, -0.1) is 11.3 Å². The van der Waals surface area contributed by atoms with Crippen molar-refractivity contribution in [3.05, 3.63) is 15.6 Å². The third-order valence-electron chi connectivity index (χ3n) is 3.78. The van der Waals surface area contributed by atoms with Crippen LogP contribution in [0.5, 0.6) is 0 Å². The largest absolute Gasteiger partial charge is 0.378 e. The van der Waals surface area contributed by atoms with Gasteiger partial charge >= 0.3 is 0 Å². The average molecular weight is 297 g/mol. The van der Waals surface area contributed by atoms with Crippen LogP contribution in [0.3, 0.4) is 0 Å². The molecule has 20 heavy (non-hydrogen) atoms. The molecule has 5 heteroatoms. The number of thiazole rings is 1. The third-order valence-corrected chi connectivity index (χ3v) is 4.94. The summed E-state index contributed by atoms with van der Waals surface area (Å²) < 4.78 is 5.29. The lowest BCUT2D eigenvalue weighted by atomic mass is 10.2. The highest BCUT2D eigenvalue weighted by Crippen LogP contribution is 2.22. The Bertz CT molecular complexity index is 400. The Balaban J connectivity index is 1.93. The number of methoxy groups -OCH3 is 1. The van der Waals surface area contributed by atoms with E-state index in [4.69, 9.17) is 9.72 Å². The number of likely N-dealkylation sites (N-methyl/N-ethyl adjacent to an activating group) is 1. The molecule has 1 saturated carbocycles. The Kier molecular flexibility index (Phi) is 6.42. The van der Waals surface area contributed by atoms with Crippen LogP contribution >= 0.6 is 11.3 Å². The second-order valence-electron chi connectivity index (χ2n) is 5.83. The molecule has 114 valence electrons. The Hall–Kier alpha value is -0.490. The number of nitrogens with one attached hydrogen (secondary N) is 1. The molecule has 1 heterocycles. The van der Waals surface area contributed by atoms with E-state index >= 15 is 0 Å². The van der Waals surface area contributed by atoms with E-state index < -0.39 is 0 Å². The van der Waals surface area contributed by atoms with E-state index in [1.54, 1.807) is 7.11 Å². The first-order chi connectivity index (χ1) is 9.69. The topological polar surface area (TPSA) is 37.4 Å². The molecule has 1 aliphatic carbocycles. The predicted molar refractivity (Wildman–Crippen MR) is 84.2 cm³/mol. The zero-order valence-corrected chi connectivity index (χ0v) is 13.8. The van der Waals surface area contributed by atoms with Gasteiger partial charge < -0.3 is 15.0 Å². The van der Waals surface area contributed by atoms with Crippen LogP contribution in [0.4, 0.5) is 0 Å². The number of rotatable bonds is 8. The van der Waals surface area contributed by atoms with Crippen LogP contribution < -0.4 is 5.32 Å². The summed E-state index contributed by atoms with van der Waals surface area (Å²) in [6.07, 6.45) is 6.42. The molecular weight excluding hydrogens is 270 g/mol. The minimum absolute atomic E-state index is 0.625. The molecule has 0 saturated heterocycles. The molecule has 2 rings (SSSR count). The molecule has 0 aromatic carbocycles. The highest BCUT2D eigenvalue weighted by atomic mass is 32.1. The van der Waals surface area contributed by atoms with Crippen LogP contribution in [0.2, 0.25) is 0 Å². The van der Waals surface area contributed by atoms with Crippen LogP contribution in [0.15, 0.2) is 0 Å². The van der Waals surface area contributed by atoms with E-state index in [0.717, 1.165) is 25.2 Å². The normalized spacial score (nSPS) is 16.4. The van der Waals surface area contributed by atoms with E-state index in [2.05, 4.69) is 24.3 Å². The second kappa shape index (κ2) is 8.08. The number of nitrogens with zero attached hydrogens (tertiary/aromatic N) is 2. The average Bonchev–Trinajstić information content (AvgIpc) is 3.04. The van der Waals surface area contributed by atoms with Gasteiger partial charge in [0.25, 0.3) is 0 Å². The van der Waals surface area contributed by atoms with Gasteiger partial charge in [0.05, 0.1) is 17.3 Å². The molecule has 0 bridgehead atoms. The van der Waals surface area contributed by atoms with Crippen molar-refractivity contribution in [1.29, 1.82) is 0 Å². The molecule has 0 atom stereocenters. The van der Waals surface area contributed by atoms with E-state index in [0.29, 0.717) is 12.6 Å². The molecule has 0 aliphatic heterocycles. The molecule has 0 amide bonds. The number of ether oxygens (including phenoxy) is 1. The molecule has 0 spiro atoms. The monoisotopic (exact) mass is 297 g/mol. The third kappa shape index (κ3) is 4.81. The molecular formula is C15H27N3OS. The van der Waals surface area contributed by atoms with Crippen molar-refractivity contribution >= 4 is 11.3 Å². The standard InChI is InChI=1S/C15H27N3OS/c1-18(2)9-8-15-17-13(11-19-3)14(20-15)10-16-12-6-4-5-7-12/h12,16H,4-11H2,1-3H3. The summed E-state index contributed by atoms with van der Waals surface area (Å²) in [5, 5.41) is 4.91. The molecule has 1 fully saturated rings. The van der Waals surface area contributed by atoms with E-state index in [1.165, 1.54) is 35.6 Å². The van der Waals surface area contributed by atoms with Gasteiger partial charge in [0.1, 0.15) is 0 Å². The lowest BCUT2D eigenvalue weighted by molar-refractivity contribution is 0.181. The minimum atomic E-state index is 0.625. The zero-order chi connectivity index (χ0) is 14.4. The molecule has 1 aromatic heterocycles. The fourth-order valence-electron chi connectivity index (χ4n) is 2.62. The van der Waals surface area contributed by atoms with Crippen LogP contribution in [0.25, 0.3) is 0 Å². The molecule has 1 N–H and O–H groups in total. The van der Waals surface area contributed by atoms with Crippen molar-refractivity contribution in [2.75, 3.05) is 27.7 Å². The number of hydrogen-bond acceptors (Lipinski definition) is 5. The van der Waals surface area contributed by atoms with E-state index in [9.17, 15) is 0 Å². The molecule has 0 unspecified atom stereocenters. The van der Waals surface area contributed by atoms with E-state index in [-0.39, 0.29) is 0 Å². The summed E-state index contributed by atoms with van der Waals surface area (Å²) in [5.74, 6) is 0. The highest BCUT2D eigenvalue weighted by Gasteiger charge is 2.16. The summed E-state index contributed by atoms with van der Waals surface area (Å²) in [6.45, 7) is 2.62. The van der Waals surface area contributed by atoms with E-state index in [1.807, 2.05) is 11.3 Å². The lowest BCUT2D eigenvalue weighted by Crippen LogP contribution is -2.25. The van der Waals surface area contributed by atoms with Gasteiger partial charge in [-0.25, -0.2) is 4.98 Å². The van der Waals surface area contributed by atoms with Crippen molar-refractivity contribution in [1.82, 2.24) is 15.2 Å². The number of hydrogen-bond donors (Lipinski definition) is 1. The number of aromatic nitrogens is 1. The summed E-state index contributed by atoms with van der Waals surface area (Å²) in [4.78, 5) is 8.30. The summed E-state index contributed by atoms with van der Waals surface area (Å²) in [5.41, 5.74) is 1.12. The predicted octanol–water partition coefficient (Wildman–Crippen LogP) is 2.43. The van der Waals surface area contributed by atoms with Gasteiger partial charge in [0.15, 0.2) is 0 Å². The van der Waals surface area contributed by atoms with Gasteiger partial charge in [0, 0.05) is 37.5 Å². The summed E-state index contributed by atoms with van der Waals surface area (Å²) in [7, 11) is 5.95. The van der Waals surface area contributed by atoms with Crippen LogP contribution in [-0.4, -0.2) is 43.7 Å². The Labute approximate surface area is 126 Å². The fourth-order valence-corrected chi connectivity index (χ4v) is 3.63. The Morgan fingerprint density at radius 1 is 1.35 bits per heavy atom. The molecule has 1 aromatic rings. The lowest BCUT2D eigenvalue weighted by Gasteiger charge is -2.11. The van der Waals surface area contributed by atoms with Crippen LogP contribution in [0.1, 0.15) is 41.3 Å².